The second-order valence-electron chi connectivity index (χ2n) is 2.82. The van der Waals surface area contributed by atoms with Crippen molar-refractivity contribution in [1.29, 1.82) is 0 Å². The van der Waals surface area contributed by atoms with Gasteiger partial charge in [0.1, 0.15) is 0 Å². The SMILES string of the molecule is O=c1c([N+](=O)[O-])c([O-])sc2ccccc12. The fourth-order valence-corrected chi connectivity index (χ4v) is 2.15. The number of hydrogen-bond donors (Lipinski definition) is 0. The summed E-state index contributed by atoms with van der Waals surface area (Å²) in [5.41, 5.74) is -1.67. The minimum Gasteiger partial charge on any atom is -0.860 e. The van der Waals surface area contributed by atoms with Crippen LogP contribution in [0.1, 0.15) is 0 Å². The molecule has 0 saturated carbocycles. The van der Waals surface area contributed by atoms with Crippen LogP contribution in [-0.4, -0.2) is 4.92 Å². The molecule has 0 N–H and O–H groups in total. The van der Waals surface area contributed by atoms with Crippen LogP contribution in [0.25, 0.3) is 10.1 Å². The first kappa shape index (κ1) is 9.60. The van der Waals surface area contributed by atoms with Gasteiger partial charge in [-0.1, -0.05) is 12.1 Å². The zero-order chi connectivity index (χ0) is 11.0. The second-order valence-corrected chi connectivity index (χ2v) is 3.84. The maximum Gasteiger partial charge on any atom is 0.319 e. The standard InChI is InChI=1S/C9H5NO4S/c11-8-5-3-1-2-4-6(5)15-9(12)7(8)10(13)14/h1-4,12H/p-1. The molecule has 0 aliphatic rings. The molecule has 0 aliphatic carbocycles. The van der Waals surface area contributed by atoms with Crippen molar-refractivity contribution in [2.24, 2.45) is 0 Å². The quantitative estimate of drug-likeness (QED) is 0.536. The van der Waals surface area contributed by atoms with Crippen molar-refractivity contribution in [3.05, 3.63) is 44.6 Å². The number of benzene rings is 1. The third kappa shape index (κ3) is 1.44. The summed E-state index contributed by atoms with van der Waals surface area (Å²) < 4.78 is 0.470. The Morgan fingerprint density at radius 2 is 1.93 bits per heavy atom. The van der Waals surface area contributed by atoms with Gasteiger partial charge in [0.25, 0.3) is 5.43 Å². The van der Waals surface area contributed by atoms with Crippen LogP contribution in [0.15, 0.2) is 29.1 Å². The van der Waals surface area contributed by atoms with Crippen molar-refractivity contribution in [1.82, 2.24) is 0 Å². The summed E-state index contributed by atoms with van der Waals surface area (Å²) in [7, 11) is 0. The van der Waals surface area contributed by atoms with E-state index in [0.717, 1.165) is 0 Å². The molecule has 2 aromatic rings. The van der Waals surface area contributed by atoms with Crippen LogP contribution in [-0.2, 0) is 0 Å². The number of rotatable bonds is 1. The van der Waals surface area contributed by atoms with Crippen LogP contribution in [0.4, 0.5) is 5.69 Å². The summed E-state index contributed by atoms with van der Waals surface area (Å²) in [5.74, 6) is 0. The van der Waals surface area contributed by atoms with E-state index in [1.807, 2.05) is 0 Å². The maximum absolute atomic E-state index is 11.6. The Kier molecular flexibility index (Phi) is 2.12. The number of hydrogen-bond acceptors (Lipinski definition) is 5. The highest BCUT2D eigenvalue weighted by Gasteiger charge is 2.16. The molecule has 1 aromatic carbocycles. The average molecular weight is 222 g/mol. The van der Waals surface area contributed by atoms with Gasteiger partial charge in [0.2, 0.25) is 0 Å². The molecule has 15 heavy (non-hydrogen) atoms. The lowest BCUT2D eigenvalue weighted by Gasteiger charge is -2.05. The summed E-state index contributed by atoms with van der Waals surface area (Å²) in [5, 5.41) is 21.2. The number of nitro groups is 1. The summed E-state index contributed by atoms with van der Waals surface area (Å²) >= 11 is 0.714. The predicted molar refractivity (Wildman–Crippen MR) is 54.2 cm³/mol. The van der Waals surface area contributed by atoms with E-state index in [4.69, 9.17) is 0 Å². The van der Waals surface area contributed by atoms with Gasteiger partial charge in [0, 0.05) is 15.1 Å². The van der Waals surface area contributed by atoms with Gasteiger partial charge >= 0.3 is 5.69 Å². The zero-order valence-electron chi connectivity index (χ0n) is 7.30. The smallest absolute Gasteiger partial charge is 0.319 e. The molecule has 0 atom stereocenters. The zero-order valence-corrected chi connectivity index (χ0v) is 8.11. The third-order valence-electron chi connectivity index (χ3n) is 1.93. The highest BCUT2D eigenvalue weighted by Crippen LogP contribution is 2.29. The van der Waals surface area contributed by atoms with Crippen LogP contribution in [0, 0.1) is 10.1 Å². The van der Waals surface area contributed by atoms with Crippen molar-refractivity contribution in [2.75, 3.05) is 0 Å². The summed E-state index contributed by atoms with van der Waals surface area (Å²) in [6.45, 7) is 0. The molecule has 0 saturated heterocycles. The molecule has 0 radical (unpaired) electrons. The molecule has 0 spiro atoms. The van der Waals surface area contributed by atoms with Crippen molar-refractivity contribution in [3.63, 3.8) is 0 Å². The van der Waals surface area contributed by atoms with E-state index in [2.05, 4.69) is 0 Å². The van der Waals surface area contributed by atoms with Crippen LogP contribution in [0.3, 0.4) is 0 Å². The normalized spacial score (nSPS) is 10.4. The molecule has 1 aromatic heterocycles. The first-order valence-corrected chi connectivity index (χ1v) is 4.80. The van der Waals surface area contributed by atoms with Gasteiger partial charge in [0.05, 0.1) is 4.92 Å². The Balaban J connectivity index is 2.97. The Morgan fingerprint density at radius 3 is 2.60 bits per heavy atom. The fraction of sp³-hybridized carbons (Fsp3) is 0. The van der Waals surface area contributed by atoms with Crippen LogP contribution in [0.5, 0.6) is 5.06 Å². The Bertz CT molecular complexity index is 605. The predicted octanol–water partition coefficient (Wildman–Crippen LogP) is 1.24. The van der Waals surface area contributed by atoms with Crippen molar-refractivity contribution < 1.29 is 10.0 Å². The molecule has 76 valence electrons. The largest absolute Gasteiger partial charge is 0.860 e. The molecule has 0 amide bonds. The lowest BCUT2D eigenvalue weighted by atomic mass is 10.2. The van der Waals surface area contributed by atoms with Gasteiger partial charge < -0.3 is 5.11 Å². The first-order valence-electron chi connectivity index (χ1n) is 3.98. The van der Waals surface area contributed by atoms with Gasteiger partial charge in [0.15, 0.2) is 0 Å². The van der Waals surface area contributed by atoms with E-state index < -0.39 is 21.1 Å². The highest BCUT2D eigenvalue weighted by atomic mass is 32.1. The molecule has 5 nitrogen and oxygen atoms in total. The van der Waals surface area contributed by atoms with E-state index in [9.17, 15) is 20.0 Å². The minimum absolute atomic E-state index is 0.216. The highest BCUT2D eigenvalue weighted by molar-refractivity contribution is 7.20. The average Bonchev–Trinajstić information content (AvgIpc) is 2.17. The van der Waals surface area contributed by atoms with Crippen molar-refractivity contribution in [3.8, 4) is 5.06 Å². The van der Waals surface area contributed by atoms with Gasteiger partial charge in [-0.3, -0.25) is 14.9 Å². The van der Waals surface area contributed by atoms with E-state index in [0.29, 0.717) is 16.0 Å². The molecule has 1 heterocycles. The van der Waals surface area contributed by atoms with Crippen LogP contribution in [0.2, 0.25) is 0 Å². The van der Waals surface area contributed by atoms with Gasteiger partial charge in [-0.05, 0) is 12.1 Å². The van der Waals surface area contributed by atoms with E-state index in [1.54, 1.807) is 18.2 Å². The van der Waals surface area contributed by atoms with Gasteiger partial charge in [-0.15, -0.1) is 11.3 Å². The van der Waals surface area contributed by atoms with Crippen molar-refractivity contribution >= 4 is 27.1 Å². The van der Waals surface area contributed by atoms with Crippen LogP contribution < -0.4 is 10.5 Å². The molecule has 0 fully saturated rings. The van der Waals surface area contributed by atoms with E-state index in [-0.39, 0.29) is 5.39 Å². The Hall–Kier alpha value is -1.95. The van der Waals surface area contributed by atoms with E-state index >= 15 is 0 Å². The van der Waals surface area contributed by atoms with Crippen LogP contribution >= 0.6 is 11.3 Å². The molecule has 6 heteroatoms. The molecule has 2 rings (SSSR count). The minimum atomic E-state index is -0.923. The summed E-state index contributed by atoms with van der Waals surface area (Å²) in [4.78, 5) is 21.1. The monoisotopic (exact) mass is 222 g/mol. The molecular formula is C9H4NO4S-. The number of fused-ring (bicyclic) bond motifs is 1. The topological polar surface area (TPSA) is 83.3 Å². The molecular weight excluding hydrogens is 218 g/mol. The Morgan fingerprint density at radius 1 is 1.27 bits per heavy atom. The molecule has 0 unspecified atom stereocenters. The third-order valence-corrected chi connectivity index (χ3v) is 2.88. The summed E-state index contributed by atoms with van der Waals surface area (Å²) in [6.07, 6.45) is 0. The Labute approximate surface area is 87.4 Å². The molecule has 0 aliphatic heterocycles. The fourth-order valence-electron chi connectivity index (χ4n) is 1.27. The lowest BCUT2D eigenvalue weighted by molar-refractivity contribution is -0.397. The van der Waals surface area contributed by atoms with Gasteiger partial charge in [-0.2, -0.15) is 0 Å². The summed E-state index contributed by atoms with van der Waals surface area (Å²) in [6, 6.07) is 6.33. The van der Waals surface area contributed by atoms with E-state index in [1.165, 1.54) is 6.07 Å². The number of nitrogens with zero attached hydrogens (tertiary/aromatic N) is 1. The maximum atomic E-state index is 11.6. The first-order chi connectivity index (χ1) is 7.11. The molecule has 0 bridgehead atoms. The van der Waals surface area contributed by atoms with Crippen molar-refractivity contribution in [2.45, 2.75) is 0 Å². The second kappa shape index (κ2) is 3.32. The van der Waals surface area contributed by atoms with Gasteiger partial charge in [-0.25, -0.2) is 0 Å². The lowest BCUT2D eigenvalue weighted by Crippen LogP contribution is -2.10.